The lowest BCUT2D eigenvalue weighted by Crippen LogP contribution is -2.28. The van der Waals surface area contributed by atoms with Crippen LogP contribution in [0.25, 0.3) is 38.6 Å². The van der Waals surface area contributed by atoms with Gasteiger partial charge in [-0.25, -0.2) is 0 Å². The first-order chi connectivity index (χ1) is 19.8. The summed E-state index contributed by atoms with van der Waals surface area (Å²) in [5.74, 6) is 0.225. The Balaban J connectivity index is 1.41. The van der Waals surface area contributed by atoms with E-state index < -0.39 is 0 Å². The number of hydrogen-bond acceptors (Lipinski definition) is 2. The molecule has 0 N–H and O–H groups in total. The molecule has 1 aliphatic carbocycles. The summed E-state index contributed by atoms with van der Waals surface area (Å²) in [5.41, 5.74) is 9.77. The van der Waals surface area contributed by atoms with Crippen molar-refractivity contribution in [2.45, 2.75) is 12.0 Å². The molecule has 2 aliphatic rings. The predicted molar refractivity (Wildman–Crippen MR) is 164 cm³/mol. The Hall–Kier alpha value is -5.33. The third-order valence-corrected chi connectivity index (χ3v) is 8.33. The Kier molecular flexibility index (Phi) is 5.02. The molecule has 0 saturated heterocycles. The van der Waals surface area contributed by atoms with Gasteiger partial charge in [-0.05, 0) is 65.2 Å². The minimum Gasteiger partial charge on any atom is -0.333 e. The molecule has 0 amide bonds. The molecule has 3 nitrogen and oxygen atoms in total. The first kappa shape index (κ1) is 22.6. The van der Waals surface area contributed by atoms with E-state index in [4.69, 9.17) is 0 Å². The SMILES string of the molecule is N#Cc1cc(-c2cccc3c2C2C=CC=CC2N3c2ccccc2)cc2c3ccccc3n(-c3ccccc3)c12. The summed E-state index contributed by atoms with van der Waals surface area (Å²) >= 11 is 0. The largest absolute Gasteiger partial charge is 0.333 e. The number of benzene rings is 5. The Morgan fingerprint density at radius 2 is 1.38 bits per heavy atom. The quantitative estimate of drug-likeness (QED) is 0.237. The first-order valence-electron chi connectivity index (χ1n) is 13.7. The highest BCUT2D eigenvalue weighted by molar-refractivity contribution is 6.12. The van der Waals surface area contributed by atoms with Gasteiger partial charge >= 0.3 is 0 Å². The topological polar surface area (TPSA) is 32.0 Å². The number of anilines is 2. The van der Waals surface area contributed by atoms with E-state index in [9.17, 15) is 5.26 Å². The van der Waals surface area contributed by atoms with Crippen molar-refractivity contribution in [3.63, 3.8) is 0 Å². The molecule has 2 unspecified atom stereocenters. The monoisotopic (exact) mass is 511 g/mol. The van der Waals surface area contributed by atoms with Crippen LogP contribution in [0.4, 0.5) is 11.4 Å². The maximum atomic E-state index is 10.5. The van der Waals surface area contributed by atoms with Crippen LogP contribution in [0.2, 0.25) is 0 Å². The normalized spacial score (nSPS) is 17.2. The molecule has 188 valence electrons. The highest BCUT2D eigenvalue weighted by Gasteiger charge is 2.39. The van der Waals surface area contributed by atoms with Crippen LogP contribution < -0.4 is 4.90 Å². The van der Waals surface area contributed by atoms with Crippen LogP contribution in [-0.4, -0.2) is 10.6 Å². The number of hydrogen-bond donors (Lipinski definition) is 0. The molecule has 2 atom stereocenters. The lowest BCUT2D eigenvalue weighted by molar-refractivity contribution is 0.745. The summed E-state index contributed by atoms with van der Waals surface area (Å²) in [6, 6.07) is 43.2. The summed E-state index contributed by atoms with van der Waals surface area (Å²) < 4.78 is 2.23. The van der Waals surface area contributed by atoms with Gasteiger partial charge in [-0.1, -0.05) is 91.0 Å². The average Bonchev–Trinajstić information content (AvgIpc) is 3.55. The second kappa shape index (κ2) is 8.86. The Labute approximate surface area is 233 Å². The molecule has 3 heteroatoms. The van der Waals surface area contributed by atoms with Crippen LogP contribution in [0.5, 0.6) is 0 Å². The van der Waals surface area contributed by atoms with Crippen molar-refractivity contribution >= 4 is 33.2 Å². The van der Waals surface area contributed by atoms with Crippen LogP contribution in [0.1, 0.15) is 17.0 Å². The van der Waals surface area contributed by atoms with Crippen LogP contribution in [0.3, 0.4) is 0 Å². The third-order valence-electron chi connectivity index (χ3n) is 8.33. The van der Waals surface area contributed by atoms with Crippen LogP contribution in [0, 0.1) is 11.3 Å². The fourth-order valence-corrected chi connectivity index (χ4v) is 6.72. The van der Waals surface area contributed by atoms with Gasteiger partial charge in [-0.2, -0.15) is 5.26 Å². The molecule has 0 spiro atoms. The van der Waals surface area contributed by atoms with E-state index in [1.54, 1.807) is 0 Å². The second-order valence-electron chi connectivity index (χ2n) is 10.4. The number of nitriles is 1. The molecule has 1 aromatic heterocycles. The summed E-state index contributed by atoms with van der Waals surface area (Å²) in [7, 11) is 0. The van der Waals surface area contributed by atoms with Crippen molar-refractivity contribution in [3.05, 3.63) is 151 Å². The van der Waals surface area contributed by atoms with Crippen molar-refractivity contribution in [2.24, 2.45) is 0 Å². The van der Waals surface area contributed by atoms with E-state index in [0.29, 0.717) is 5.56 Å². The molecule has 0 saturated carbocycles. The van der Waals surface area contributed by atoms with E-state index in [1.807, 2.05) is 18.2 Å². The second-order valence-corrected chi connectivity index (χ2v) is 10.4. The number of fused-ring (bicyclic) bond motifs is 6. The van der Waals surface area contributed by atoms with Crippen molar-refractivity contribution in [1.29, 1.82) is 5.26 Å². The molecule has 40 heavy (non-hydrogen) atoms. The summed E-state index contributed by atoms with van der Waals surface area (Å²) in [4.78, 5) is 2.45. The predicted octanol–water partition coefficient (Wildman–Crippen LogP) is 9.05. The Morgan fingerprint density at radius 3 is 2.17 bits per heavy atom. The zero-order chi connectivity index (χ0) is 26.6. The third kappa shape index (κ3) is 3.23. The van der Waals surface area contributed by atoms with E-state index in [-0.39, 0.29) is 12.0 Å². The number of allylic oxidation sites excluding steroid dienone is 2. The van der Waals surface area contributed by atoms with Crippen molar-refractivity contribution < 1.29 is 0 Å². The van der Waals surface area contributed by atoms with Gasteiger partial charge in [0.15, 0.2) is 0 Å². The highest BCUT2D eigenvalue weighted by atomic mass is 15.2. The van der Waals surface area contributed by atoms with Crippen molar-refractivity contribution in [2.75, 3.05) is 4.90 Å². The molecular weight excluding hydrogens is 486 g/mol. The molecule has 0 fully saturated rings. The van der Waals surface area contributed by atoms with Gasteiger partial charge in [0.25, 0.3) is 0 Å². The molecule has 2 heterocycles. The number of nitrogens with zero attached hydrogens (tertiary/aromatic N) is 3. The molecule has 0 radical (unpaired) electrons. The zero-order valence-corrected chi connectivity index (χ0v) is 21.8. The summed E-state index contributed by atoms with van der Waals surface area (Å²) in [6.45, 7) is 0. The maximum absolute atomic E-state index is 10.5. The van der Waals surface area contributed by atoms with Gasteiger partial charge in [-0.15, -0.1) is 0 Å². The Morgan fingerprint density at radius 1 is 0.650 bits per heavy atom. The molecule has 8 rings (SSSR count). The van der Waals surface area contributed by atoms with Gasteiger partial charge in [-0.3, -0.25) is 0 Å². The lowest BCUT2D eigenvalue weighted by Gasteiger charge is -2.28. The molecule has 6 aromatic rings. The fourth-order valence-electron chi connectivity index (χ4n) is 6.72. The molecule has 5 aromatic carbocycles. The van der Waals surface area contributed by atoms with Crippen LogP contribution in [0.15, 0.2) is 140 Å². The molecule has 1 aliphatic heterocycles. The van der Waals surface area contributed by atoms with E-state index in [0.717, 1.165) is 33.1 Å². The van der Waals surface area contributed by atoms with Gasteiger partial charge < -0.3 is 9.47 Å². The highest BCUT2D eigenvalue weighted by Crippen LogP contribution is 2.51. The van der Waals surface area contributed by atoms with E-state index >= 15 is 0 Å². The first-order valence-corrected chi connectivity index (χ1v) is 13.7. The van der Waals surface area contributed by atoms with Crippen molar-refractivity contribution in [3.8, 4) is 22.9 Å². The maximum Gasteiger partial charge on any atom is 0.101 e. The van der Waals surface area contributed by atoms with Gasteiger partial charge in [0.2, 0.25) is 0 Å². The lowest BCUT2D eigenvalue weighted by atomic mass is 9.85. The smallest absolute Gasteiger partial charge is 0.101 e. The Bertz CT molecular complexity index is 2020. The number of rotatable bonds is 3. The number of para-hydroxylation sites is 3. The summed E-state index contributed by atoms with van der Waals surface area (Å²) in [6.07, 6.45) is 8.94. The van der Waals surface area contributed by atoms with Gasteiger partial charge in [0.05, 0.1) is 22.6 Å². The minimum absolute atomic E-state index is 0.211. The summed E-state index contributed by atoms with van der Waals surface area (Å²) in [5, 5.41) is 12.7. The van der Waals surface area contributed by atoms with Crippen LogP contribution >= 0.6 is 0 Å². The molecule has 0 bridgehead atoms. The average molecular weight is 512 g/mol. The fraction of sp³-hybridized carbons (Fsp3) is 0.0541. The van der Waals surface area contributed by atoms with Gasteiger partial charge in [0.1, 0.15) is 6.07 Å². The van der Waals surface area contributed by atoms with Crippen LogP contribution in [-0.2, 0) is 0 Å². The van der Waals surface area contributed by atoms with E-state index in [2.05, 4.69) is 137 Å². The van der Waals surface area contributed by atoms with E-state index in [1.165, 1.54) is 22.5 Å². The van der Waals surface area contributed by atoms with Crippen molar-refractivity contribution in [1.82, 2.24) is 4.57 Å². The van der Waals surface area contributed by atoms with Gasteiger partial charge in [0, 0.05) is 33.8 Å². The number of aromatic nitrogens is 1. The minimum atomic E-state index is 0.211. The standard InChI is InChI=1S/C37H25N3/c38-24-26-22-25(23-32-30-16-7-9-19-33(30)40(37(26)32)28-14-5-2-6-15-28)29-18-11-21-35-36(29)31-17-8-10-20-34(31)39(35)27-12-3-1-4-13-27/h1-23,31,34H. The zero-order valence-electron chi connectivity index (χ0n) is 21.8. The molecular formula is C37H25N3.